The van der Waals surface area contributed by atoms with Crippen molar-refractivity contribution in [3.8, 4) is 0 Å². The van der Waals surface area contributed by atoms with Crippen molar-refractivity contribution in [3.05, 3.63) is 30.1 Å². The van der Waals surface area contributed by atoms with Crippen molar-refractivity contribution in [2.75, 3.05) is 30.5 Å². The number of carbonyl (C=O) groups excluding carboxylic acids is 3. The monoisotopic (exact) mass is 314 g/mol. The highest BCUT2D eigenvalue weighted by Crippen LogP contribution is 2.13. The molecule has 0 heterocycles. The van der Waals surface area contributed by atoms with E-state index in [4.69, 9.17) is 0 Å². The first-order chi connectivity index (χ1) is 10.0. The van der Waals surface area contributed by atoms with Gasteiger partial charge in [-0.05, 0) is 12.1 Å². The Morgan fingerprint density at radius 3 is 2.57 bits per heavy atom. The molecule has 0 unspecified atom stereocenters. The molecule has 0 aliphatic heterocycles. The molecule has 0 spiro atoms. The van der Waals surface area contributed by atoms with E-state index in [-0.39, 0.29) is 23.8 Å². The van der Waals surface area contributed by atoms with E-state index in [1.165, 1.54) is 25.2 Å². The molecule has 0 saturated heterocycles. The number of para-hydroxylation sites is 1. The van der Waals surface area contributed by atoms with Crippen LogP contribution in [0, 0.1) is 5.82 Å². The van der Waals surface area contributed by atoms with E-state index in [1.807, 2.05) is 0 Å². The second-order valence-electron chi connectivity index (χ2n) is 3.85. The van der Waals surface area contributed by atoms with Crippen LogP contribution in [0.25, 0.3) is 0 Å². The van der Waals surface area contributed by atoms with Gasteiger partial charge in [0.05, 0.1) is 17.2 Å². The quantitative estimate of drug-likeness (QED) is 0.727. The Kier molecular flexibility index (Phi) is 7.24. The SMILES string of the molecule is CNC(=O)COC(=O)CSCC(=O)Nc1ccccc1F. The fourth-order valence-corrected chi connectivity index (χ4v) is 1.85. The second kappa shape index (κ2) is 8.96. The molecule has 2 amide bonds. The van der Waals surface area contributed by atoms with Crippen molar-refractivity contribution in [2.24, 2.45) is 0 Å². The minimum Gasteiger partial charge on any atom is -0.455 e. The summed E-state index contributed by atoms with van der Waals surface area (Å²) < 4.78 is 17.9. The van der Waals surface area contributed by atoms with Crippen LogP contribution < -0.4 is 10.6 Å². The zero-order valence-electron chi connectivity index (χ0n) is 11.3. The van der Waals surface area contributed by atoms with Crippen molar-refractivity contribution in [3.63, 3.8) is 0 Å². The number of benzene rings is 1. The van der Waals surface area contributed by atoms with Gasteiger partial charge in [-0.2, -0.15) is 0 Å². The Bertz CT molecular complexity index is 525. The molecule has 0 radical (unpaired) electrons. The summed E-state index contributed by atoms with van der Waals surface area (Å²) in [6, 6.07) is 5.79. The van der Waals surface area contributed by atoms with Crippen molar-refractivity contribution < 1.29 is 23.5 Å². The summed E-state index contributed by atoms with van der Waals surface area (Å²) >= 11 is 1.01. The number of rotatable bonds is 7. The van der Waals surface area contributed by atoms with E-state index < -0.39 is 23.6 Å². The number of carbonyl (C=O) groups is 3. The minimum atomic E-state index is -0.595. The Morgan fingerprint density at radius 1 is 1.19 bits per heavy atom. The van der Waals surface area contributed by atoms with Gasteiger partial charge >= 0.3 is 5.97 Å². The molecule has 0 atom stereocenters. The molecule has 1 aromatic carbocycles. The van der Waals surface area contributed by atoms with Gasteiger partial charge in [-0.3, -0.25) is 14.4 Å². The summed E-state index contributed by atoms with van der Waals surface area (Å²) in [4.78, 5) is 33.6. The first-order valence-electron chi connectivity index (χ1n) is 6.01. The molecular formula is C13H15FN2O4S. The van der Waals surface area contributed by atoms with E-state index >= 15 is 0 Å². The maximum atomic E-state index is 13.3. The largest absolute Gasteiger partial charge is 0.455 e. The van der Waals surface area contributed by atoms with E-state index in [9.17, 15) is 18.8 Å². The average molecular weight is 314 g/mol. The number of nitrogens with one attached hydrogen (secondary N) is 2. The van der Waals surface area contributed by atoms with E-state index in [0.29, 0.717) is 0 Å². The third-order valence-electron chi connectivity index (χ3n) is 2.24. The van der Waals surface area contributed by atoms with Crippen LogP contribution in [0.3, 0.4) is 0 Å². The molecule has 8 heteroatoms. The normalized spacial score (nSPS) is 9.81. The number of ether oxygens (including phenoxy) is 1. The van der Waals surface area contributed by atoms with Crippen molar-refractivity contribution in [2.45, 2.75) is 0 Å². The summed E-state index contributed by atoms with van der Waals surface area (Å²) in [6.45, 7) is -0.350. The highest BCUT2D eigenvalue weighted by molar-refractivity contribution is 8.00. The fraction of sp³-hybridized carbons (Fsp3) is 0.308. The number of amides is 2. The zero-order chi connectivity index (χ0) is 15.7. The summed E-state index contributed by atoms with van der Waals surface area (Å²) in [5, 5.41) is 4.70. The standard InChI is InChI=1S/C13H15FN2O4S/c1-15-11(17)6-20-13(19)8-21-7-12(18)16-10-5-3-2-4-9(10)14/h2-5H,6-8H2,1H3,(H,15,17)(H,16,18). The molecule has 0 bridgehead atoms. The van der Waals surface area contributed by atoms with E-state index in [1.54, 1.807) is 6.07 Å². The van der Waals surface area contributed by atoms with Gasteiger partial charge in [-0.1, -0.05) is 12.1 Å². The number of halogens is 1. The average Bonchev–Trinajstić information content (AvgIpc) is 2.47. The topological polar surface area (TPSA) is 84.5 Å². The van der Waals surface area contributed by atoms with Gasteiger partial charge in [-0.25, -0.2) is 4.39 Å². The highest BCUT2D eigenvalue weighted by atomic mass is 32.2. The van der Waals surface area contributed by atoms with Gasteiger partial charge in [0.15, 0.2) is 6.61 Å². The summed E-state index contributed by atoms with van der Waals surface area (Å²) in [6.07, 6.45) is 0. The molecule has 6 nitrogen and oxygen atoms in total. The van der Waals surface area contributed by atoms with Gasteiger partial charge in [0.2, 0.25) is 5.91 Å². The number of anilines is 1. The van der Waals surface area contributed by atoms with E-state index in [2.05, 4.69) is 15.4 Å². The lowest BCUT2D eigenvalue weighted by atomic mass is 10.3. The van der Waals surface area contributed by atoms with Gasteiger partial charge < -0.3 is 15.4 Å². The van der Waals surface area contributed by atoms with Gasteiger partial charge in [0.1, 0.15) is 5.82 Å². The third-order valence-corrected chi connectivity index (χ3v) is 3.15. The predicted octanol–water partition coefficient (Wildman–Crippen LogP) is 0.787. The van der Waals surface area contributed by atoms with Crippen LogP contribution in [0.1, 0.15) is 0 Å². The van der Waals surface area contributed by atoms with Crippen LogP contribution in [0.15, 0.2) is 24.3 Å². The molecule has 0 aromatic heterocycles. The Balaban J connectivity index is 2.23. The lowest BCUT2D eigenvalue weighted by molar-refractivity contribution is -0.145. The van der Waals surface area contributed by atoms with Crippen molar-refractivity contribution >= 4 is 35.2 Å². The molecule has 0 aliphatic carbocycles. The van der Waals surface area contributed by atoms with Gasteiger partial charge in [0.25, 0.3) is 5.91 Å². The molecule has 0 fully saturated rings. The van der Waals surface area contributed by atoms with Crippen molar-refractivity contribution in [1.29, 1.82) is 0 Å². The molecule has 21 heavy (non-hydrogen) atoms. The molecule has 0 aliphatic rings. The number of esters is 1. The lowest BCUT2D eigenvalue weighted by Gasteiger charge is -2.06. The molecule has 114 valence electrons. The number of hydrogen-bond acceptors (Lipinski definition) is 5. The molecule has 0 saturated carbocycles. The summed E-state index contributed by atoms with van der Waals surface area (Å²) in [7, 11) is 1.43. The van der Waals surface area contributed by atoms with Crippen LogP contribution in [0.4, 0.5) is 10.1 Å². The van der Waals surface area contributed by atoms with E-state index in [0.717, 1.165) is 11.8 Å². The smallest absolute Gasteiger partial charge is 0.316 e. The zero-order valence-corrected chi connectivity index (χ0v) is 12.2. The van der Waals surface area contributed by atoms with Crippen LogP contribution >= 0.6 is 11.8 Å². The number of likely N-dealkylation sites (N-methyl/N-ethyl adjacent to an activating group) is 1. The first kappa shape index (κ1) is 17.0. The van der Waals surface area contributed by atoms with Gasteiger partial charge in [0, 0.05) is 7.05 Å². The minimum absolute atomic E-state index is 0.0244. The van der Waals surface area contributed by atoms with Crippen molar-refractivity contribution in [1.82, 2.24) is 5.32 Å². The van der Waals surface area contributed by atoms with Crippen LogP contribution in [0.5, 0.6) is 0 Å². The van der Waals surface area contributed by atoms with Gasteiger partial charge in [-0.15, -0.1) is 11.8 Å². The lowest BCUT2D eigenvalue weighted by Crippen LogP contribution is -2.25. The predicted molar refractivity (Wildman–Crippen MR) is 77.4 cm³/mol. The Morgan fingerprint density at radius 2 is 1.90 bits per heavy atom. The maximum Gasteiger partial charge on any atom is 0.316 e. The van der Waals surface area contributed by atoms with Crippen LogP contribution in [-0.2, 0) is 19.1 Å². The summed E-state index contributed by atoms with van der Waals surface area (Å²) in [5.41, 5.74) is 0.0882. The summed E-state index contributed by atoms with van der Waals surface area (Å²) in [5.74, 6) is -2.05. The molecular weight excluding hydrogens is 299 g/mol. The fourth-order valence-electron chi connectivity index (χ4n) is 1.24. The molecule has 1 rings (SSSR count). The van der Waals surface area contributed by atoms with Crippen LogP contribution in [0.2, 0.25) is 0 Å². The number of hydrogen-bond donors (Lipinski definition) is 2. The maximum absolute atomic E-state index is 13.3. The number of thioether (sulfide) groups is 1. The third kappa shape index (κ3) is 6.75. The second-order valence-corrected chi connectivity index (χ2v) is 4.84. The highest BCUT2D eigenvalue weighted by Gasteiger charge is 2.10. The molecule has 2 N–H and O–H groups in total. The van der Waals surface area contributed by atoms with Crippen LogP contribution in [-0.4, -0.2) is 42.9 Å². The molecule has 1 aromatic rings. The Labute approximate surface area is 125 Å². The first-order valence-corrected chi connectivity index (χ1v) is 7.16. The Hall–Kier alpha value is -2.09.